The van der Waals surface area contributed by atoms with Gasteiger partial charge in [0.15, 0.2) is 0 Å². The van der Waals surface area contributed by atoms with Gasteiger partial charge in [0.1, 0.15) is 0 Å². The maximum Gasteiger partial charge on any atom is 0.0996 e. The Labute approximate surface area is 106 Å². The second kappa shape index (κ2) is 5.01. The number of carbonyl (C=O) groups is 1. The second-order valence-corrected chi connectivity index (χ2v) is 5.48. The molecule has 0 N–H and O–H groups in total. The van der Waals surface area contributed by atoms with E-state index in [-0.39, 0.29) is 0 Å². The Morgan fingerprint density at radius 1 is 1.50 bits per heavy atom. The van der Waals surface area contributed by atoms with E-state index in [4.69, 9.17) is 0 Å². The van der Waals surface area contributed by atoms with Gasteiger partial charge in [0.25, 0.3) is 0 Å². The van der Waals surface area contributed by atoms with Crippen LogP contribution in [-0.4, -0.2) is 22.8 Å². The third kappa shape index (κ3) is 2.86. The molecule has 0 saturated carbocycles. The predicted octanol–water partition coefficient (Wildman–Crippen LogP) is 1.26. The van der Waals surface area contributed by atoms with Crippen LogP contribution in [0.15, 0.2) is 33.7 Å². The summed E-state index contributed by atoms with van der Waals surface area (Å²) in [4.78, 5) is 14.7. The minimum Gasteiger partial charge on any atom is -0.548 e. The Morgan fingerprint density at radius 3 is 2.75 bits per heavy atom. The summed E-state index contributed by atoms with van der Waals surface area (Å²) in [5, 5.41) is 11.5. The van der Waals surface area contributed by atoms with E-state index >= 15 is 0 Å². The number of rotatable bonds is 3. The molecule has 0 unspecified atom stereocenters. The average molecular weight is 299 g/mol. The first-order valence-electron chi connectivity index (χ1n) is 4.80. The van der Waals surface area contributed by atoms with Gasteiger partial charge in [-0.3, -0.25) is 4.99 Å². The van der Waals surface area contributed by atoms with Crippen molar-refractivity contribution in [1.82, 2.24) is 0 Å². The number of aliphatic imine (C=N–C) groups is 1. The molecule has 1 atom stereocenters. The lowest BCUT2D eigenvalue weighted by Gasteiger charge is -2.04. The number of benzene rings is 1. The van der Waals surface area contributed by atoms with Gasteiger partial charge in [0.2, 0.25) is 0 Å². The zero-order chi connectivity index (χ0) is 11.5. The molecular formula is C11H9BrNO2S-. The smallest absolute Gasteiger partial charge is 0.0996 e. The van der Waals surface area contributed by atoms with Crippen LogP contribution in [0, 0.1) is 0 Å². The third-order valence-electron chi connectivity index (χ3n) is 2.25. The predicted molar refractivity (Wildman–Crippen MR) is 66.5 cm³/mol. The molecule has 0 saturated heterocycles. The fourth-order valence-electron chi connectivity index (χ4n) is 1.42. The Bertz CT molecular complexity index is 430. The summed E-state index contributed by atoms with van der Waals surface area (Å²) in [6, 6.07) is 7.26. The van der Waals surface area contributed by atoms with Crippen LogP contribution in [0.1, 0.15) is 5.56 Å². The first-order chi connectivity index (χ1) is 7.65. The molecule has 84 valence electrons. The normalized spacial score (nSPS) is 19.6. The van der Waals surface area contributed by atoms with E-state index in [0.29, 0.717) is 12.2 Å². The van der Waals surface area contributed by atoms with Crippen molar-refractivity contribution in [2.45, 2.75) is 12.5 Å². The maximum absolute atomic E-state index is 10.6. The molecule has 0 spiro atoms. The number of hydrogen-bond acceptors (Lipinski definition) is 4. The van der Waals surface area contributed by atoms with Crippen LogP contribution < -0.4 is 5.11 Å². The highest BCUT2D eigenvalue weighted by atomic mass is 79.9. The molecule has 0 bridgehead atoms. The van der Waals surface area contributed by atoms with Crippen molar-refractivity contribution in [3.05, 3.63) is 34.3 Å². The van der Waals surface area contributed by atoms with Crippen LogP contribution in [0.3, 0.4) is 0 Å². The highest BCUT2D eigenvalue weighted by Gasteiger charge is 2.18. The summed E-state index contributed by atoms with van der Waals surface area (Å²) in [5.41, 5.74) is 1.13. The van der Waals surface area contributed by atoms with Crippen molar-refractivity contribution >= 4 is 38.7 Å². The summed E-state index contributed by atoms with van der Waals surface area (Å²) in [6.07, 6.45) is 0.696. The molecule has 1 aliphatic heterocycles. The van der Waals surface area contributed by atoms with Crippen LogP contribution in [0.2, 0.25) is 0 Å². The van der Waals surface area contributed by atoms with Crippen molar-refractivity contribution < 1.29 is 9.90 Å². The summed E-state index contributed by atoms with van der Waals surface area (Å²) in [7, 11) is 0. The molecular weight excluding hydrogens is 290 g/mol. The summed E-state index contributed by atoms with van der Waals surface area (Å²) in [6.45, 7) is 0. The quantitative estimate of drug-likeness (QED) is 0.844. The van der Waals surface area contributed by atoms with Gasteiger partial charge in [-0.25, -0.2) is 0 Å². The van der Waals surface area contributed by atoms with Gasteiger partial charge in [0.05, 0.1) is 17.1 Å². The Kier molecular flexibility index (Phi) is 3.66. The fraction of sp³-hybridized carbons (Fsp3) is 0.273. The van der Waals surface area contributed by atoms with Crippen molar-refractivity contribution in [2.75, 3.05) is 5.75 Å². The number of halogens is 1. The van der Waals surface area contributed by atoms with Gasteiger partial charge in [-0.05, 0) is 17.7 Å². The lowest BCUT2D eigenvalue weighted by molar-refractivity contribution is -0.306. The molecule has 1 heterocycles. The van der Waals surface area contributed by atoms with Crippen LogP contribution >= 0.6 is 27.7 Å². The minimum atomic E-state index is -1.08. The lowest BCUT2D eigenvalue weighted by atomic mass is 10.2. The van der Waals surface area contributed by atoms with Crippen LogP contribution in [0.5, 0.6) is 0 Å². The van der Waals surface area contributed by atoms with Crippen molar-refractivity contribution in [3.8, 4) is 0 Å². The molecule has 0 aliphatic carbocycles. The van der Waals surface area contributed by atoms with Gasteiger partial charge >= 0.3 is 0 Å². The molecule has 0 radical (unpaired) electrons. The van der Waals surface area contributed by atoms with E-state index in [9.17, 15) is 9.90 Å². The number of thioether (sulfide) groups is 1. The van der Waals surface area contributed by atoms with Gasteiger partial charge in [-0.1, -0.05) is 28.1 Å². The largest absolute Gasteiger partial charge is 0.548 e. The van der Waals surface area contributed by atoms with Crippen LogP contribution in [0.25, 0.3) is 0 Å². The van der Waals surface area contributed by atoms with E-state index in [1.165, 1.54) is 11.8 Å². The molecule has 3 nitrogen and oxygen atoms in total. The van der Waals surface area contributed by atoms with Crippen molar-refractivity contribution in [2.24, 2.45) is 4.99 Å². The number of carboxylic acids is 1. The highest BCUT2D eigenvalue weighted by molar-refractivity contribution is 9.10. The summed E-state index contributed by atoms with van der Waals surface area (Å²) < 4.78 is 1.03. The van der Waals surface area contributed by atoms with Crippen molar-refractivity contribution in [3.63, 3.8) is 0 Å². The minimum absolute atomic E-state index is 0.494. The SMILES string of the molecule is O=C([O-])[C@H]1CSC(Cc2ccc(Br)cc2)=N1. The molecule has 2 rings (SSSR count). The Balaban J connectivity index is 2.03. The number of carbonyl (C=O) groups excluding carboxylic acids is 1. The van der Waals surface area contributed by atoms with E-state index in [2.05, 4.69) is 20.9 Å². The van der Waals surface area contributed by atoms with Crippen molar-refractivity contribution in [1.29, 1.82) is 0 Å². The van der Waals surface area contributed by atoms with E-state index in [1.807, 2.05) is 24.3 Å². The molecule has 1 aromatic rings. The lowest BCUT2D eigenvalue weighted by Crippen LogP contribution is -2.34. The number of hydrogen-bond donors (Lipinski definition) is 0. The first kappa shape index (κ1) is 11.7. The van der Waals surface area contributed by atoms with Gasteiger partial charge < -0.3 is 9.90 Å². The topological polar surface area (TPSA) is 52.5 Å². The number of carboxylic acid groups (broad SMARTS) is 1. The van der Waals surface area contributed by atoms with E-state index in [0.717, 1.165) is 15.1 Å². The molecule has 1 aliphatic rings. The Hall–Kier alpha value is -0.810. The summed E-state index contributed by atoms with van der Waals surface area (Å²) >= 11 is 4.86. The monoisotopic (exact) mass is 298 g/mol. The summed E-state index contributed by atoms with van der Waals surface area (Å²) in [5.74, 6) is -0.591. The van der Waals surface area contributed by atoms with E-state index in [1.54, 1.807) is 0 Å². The van der Waals surface area contributed by atoms with Gasteiger partial charge in [0, 0.05) is 16.6 Å². The molecule has 0 aromatic heterocycles. The molecule has 0 fully saturated rings. The molecule has 1 aromatic carbocycles. The fourth-order valence-corrected chi connectivity index (χ4v) is 2.71. The van der Waals surface area contributed by atoms with Crippen LogP contribution in [0.4, 0.5) is 0 Å². The zero-order valence-corrected chi connectivity index (χ0v) is 10.8. The van der Waals surface area contributed by atoms with E-state index < -0.39 is 12.0 Å². The standard InChI is InChI=1S/C11H10BrNO2S/c12-8-3-1-7(2-4-8)5-10-13-9(6-16-10)11(14)15/h1-4,9H,5-6H2,(H,14,15)/p-1/t9-/m1/s1. The second-order valence-electron chi connectivity index (χ2n) is 3.47. The third-order valence-corrected chi connectivity index (χ3v) is 3.84. The Morgan fingerprint density at radius 2 is 2.19 bits per heavy atom. The molecule has 16 heavy (non-hydrogen) atoms. The maximum atomic E-state index is 10.6. The molecule has 0 amide bonds. The highest BCUT2D eigenvalue weighted by Crippen LogP contribution is 2.21. The van der Waals surface area contributed by atoms with Gasteiger partial charge in [-0.2, -0.15) is 0 Å². The number of aliphatic carboxylic acids is 1. The van der Waals surface area contributed by atoms with Gasteiger partial charge in [-0.15, -0.1) is 11.8 Å². The zero-order valence-electron chi connectivity index (χ0n) is 8.35. The number of nitrogens with zero attached hydrogens (tertiary/aromatic N) is 1. The average Bonchev–Trinajstić information content (AvgIpc) is 2.70. The first-order valence-corrected chi connectivity index (χ1v) is 6.58. The van der Waals surface area contributed by atoms with Crippen LogP contribution in [-0.2, 0) is 11.2 Å². The molecule has 5 heteroatoms.